The highest BCUT2D eigenvalue weighted by Gasteiger charge is 2.11. The van der Waals surface area contributed by atoms with Crippen LogP contribution < -0.4 is 4.80 Å². The number of halogens is 1. The van der Waals surface area contributed by atoms with Crippen LogP contribution in [0.25, 0.3) is 10.2 Å². The standard InChI is InChI=1S/C14H13ClN4OS/c1-3-19-10-5-4-9(15)8-12(10)21-14(19)17-13(20)11-6-7-16-18(11)2/h4-8H,3H2,1-2H3. The summed E-state index contributed by atoms with van der Waals surface area (Å²) in [5.41, 5.74) is 1.50. The third-order valence-electron chi connectivity index (χ3n) is 3.20. The van der Waals surface area contributed by atoms with Crippen LogP contribution >= 0.6 is 22.9 Å². The highest BCUT2D eigenvalue weighted by molar-refractivity contribution is 7.16. The lowest BCUT2D eigenvalue weighted by Gasteiger charge is -2.00. The fraction of sp³-hybridized carbons (Fsp3) is 0.214. The van der Waals surface area contributed by atoms with Gasteiger partial charge in [-0.2, -0.15) is 10.1 Å². The van der Waals surface area contributed by atoms with Gasteiger partial charge in [-0.05, 0) is 31.2 Å². The van der Waals surface area contributed by atoms with Gasteiger partial charge in [-0.3, -0.25) is 9.48 Å². The Labute approximate surface area is 130 Å². The van der Waals surface area contributed by atoms with Gasteiger partial charge in [0.1, 0.15) is 5.69 Å². The number of carbonyl (C=O) groups excluding carboxylic acids is 1. The predicted molar refractivity (Wildman–Crippen MR) is 83.6 cm³/mol. The molecule has 7 heteroatoms. The molecule has 108 valence electrons. The van der Waals surface area contributed by atoms with Gasteiger partial charge >= 0.3 is 0 Å². The average Bonchev–Trinajstić information content (AvgIpc) is 3.01. The van der Waals surface area contributed by atoms with Crippen LogP contribution in [0.5, 0.6) is 0 Å². The number of carbonyl (C=O) groups is 1. The molecule has 1 amide bonds. The minimum absolute atomic E-state index is 0.296. The Hall–Kier alpha value is -1.92. The highest BCUT2D eigenvalue weighted by atomic mass is 35.5. The number of amides is 1. The first-order valence-electron chi connectivity index (χ1n) is 6.46. The first-order valence-corrected chi connectivity index (χ1v) is 7.65. The third-order valence-corrected chi connectivity index (χ3v) is 4.47. The average molecular weight is 321 g/mol. The molecule has 2 aromatic heterocycles. The Morgan fingerprint density at radius 1 is 1.43 bits per heavy atom. The maximum atomic E-state index is 12.2. The molecule has 0 unspecified atom stereocenters. The number of thiazole rings is 1. The Morgan fingerprint density at radius 2 is 2.24 bits per heavy atom. The molecule has 0 saturated heterocycles. The zero-order valence-electron chi connectivity index (χ0n) is 11.6. The van der Waals surface area contributed by atoms with E-state index in [-0.39, 0.29) is 5.91 Å². The van der Waals surface area contributed by atoms with Crippen LogP contribution in [0.4, 0.5) is 0 Å². The van der Waals surface area contributed by atoms with Crippen molar-refractivity contribution in [2.75, 3.05) is 0 Å². The molecular weight excluding hydrogens is 308 g/mol. The number of aromatic nitrogens is 3. The summed E-state index contributed by atoms with van der Waals surface area (Å²) in [4.78, 5) is 17.2. The van der Waals surface area contributed by atoms with Crippen molar-refractivity contribution in [2.45, 2.75) is 13.5 Å². The minimum atomic E-state index is -0.296. The zero-order valence-corrected chi connectivity index (χ0v) is 13.1. The summed E-state index contributed by atoms with van der Waals surface area (Å²) in [6.45, 7) is 2.76. The van der Waals surface area contributed by atoms with E-state index in [4.69, 9.17) is 11.6 Å². The van der Waals surface area contributed by atoms with E-state index in [2.05, 4.69) is 10.1 Å². The molecule has 0 bridgehead atoms. The van der Waals surface area contributed by atoms with Gasteiger partial charge in [0, 0.05) is 24.8 Å². The van der Waals surface area contributed by atoms with Crippen molar-refractivity contribution in [3.63, 3.8) is 0 Å². The lowest BCUT2D eigenvalue weighted by Crippen LogP contribution is -2.17. The summed E-state index contributed by atoms with van der Waals surface area (Å²) in [7, 11) is 1.72. The van der Waals surface area contributed by atoms with E-state index in [0.29, 0.717) is 15.5 Å². The molecule has 0 atom stereocenters. The molecule has 0 spiro atoms. The van der Waals surface area contributed by atoms with Crippen molar-refractivity contribution in [1.29, 1.82) is 0 Å². The van der Waals surface area contributed by atoms with Gasteiger partial charge in [0.15, 0.2) is 4.80 Å². The highest BCUT2D eigenvalue weighted by Crippen LogP contribution is 2.21. The molecule has 0 aliphatic carbocycles. The van der Waals surface area contributed by atoms with Gasteiger partial charge in [0.2, 0.25) is 0 Å². The Bertz CT molecular complexity index is 890. The van der Waals surface area contributed by atoms with Crippen LogP contribution in [0.2, 0.25) is 5.02 Å². The summed E-state index contributed by atoms with van der Waals surface area (Å²) in [5.74, 6) is -0.296. The van der Waals surface area contributed by atoms with E-state index in [0.717, 1.165) is 16.8 Å². The summed E-state index contributed by atoms with van der Waals surface area (Å²) in [6, 6.07) is 7.34. The van der Waals surface area contributed by atoms with Crippen molar-refractivity contribution < 1.29 is 4.79 Å². The number of rotatable bonds is 2. The SMILES string of the molecule is CCn1c(=NC(=O)c2ccnn2C)sc2cc(Cl)ccc21. The monoisotopic (exact) mass is 320 g/mol. The van der Waals surface area contributed by atoms with Gasteiger partial charge in [-0.15, -0.1) is 0 Å². The van der Waals surface area contributed by atoms with E-state index in [1.165, 1.54) is 16.0 Å². The van der Waals surface area contributed by atoms with Crippen LogP contribution in [0.1, 0.15) is 17.4 Å². The maximum absolute atomic E-state index is 12.2. The lowest BCUT2D eigenvalue weighted by molar-refractivity contribution is 0.0989. The second kappa shape index (κ2) is 5.46. The largest absolute Gasteiger partial charge is 0.317 e. The molecule has 21 heavy (non-hydrogen) atoms. The lowest BCUT2D eigenvalue weighted by atomic mass is 10.3. The number of fused-ring (bicyclic) bond motifs is 1. The van der Waals surface area contributed by atoms with Crippen molar-refractivity contribution in [3.05, 3.63) is 46.0 Å². The molecule has 0 aliphatic heterocycles. The summed E-state index contributed by atoms with van der Waals surface area (Å²) < 4.78 is 4.54. The molecule has 0 fully saturated rings. The van der Waals surface area contributed by atoms with E-state index in [9.17, 15) is 4.79 Å². The van der Waals surface area contributed by atoms with E-state index >= 15 is 0 Å². The zero-order chi connectivity index (χ0) is 15.0. The fourth-order valence-electron chi connectivity index (χ4n) is 2.17. The molecule has 0 radical (unpaired) electrons. The Kier molecular flexibility index (Phi) is 3.65. The second-order valence-corrected chi connectivity index (χ2v) is 5.94. The molecule has 3 rings (SSSR count). The van der Waals surface area contributed by atoms with E-state index < -0.39 is 0 Å². The van der Waals surface area contributed by atoms with E-state index in [1.807, 2.05) is 29.7 Å². The Balaban J connectivity index is 2.18. The summed E-state index contributed by atoms with van der Waals surface area (Å²) in [5, 5.41) is 4.67. The third kappa shape index (κ3) is 2.52. The van der Waals surface area contributed by atoms with Crippen molar-refractivity contribution in [2.24, 2.45) is 12.0 Å². The fourth-order valence-corrected chi connectivity index (χ4v) is 3.53. The van der Waals surface area contributed by atoms with Crippen LogP contribution in [-0.4, -0.2) is 20.3 Å². The Morgan fingerprint density at radius 3 is 2.90 bits per heavy atom. The molecule has 1 aromatic carbocycles. The molecule has 2 heterocycles. The predicted octanol–water partition coefficient (Wildman–Crippen LogP) is 2.85. The maximum Gasteiger partial charge on any atom is 0.297 e. The molecular formula is C14H13ClN4OS. The van der Waals surface area contributed by atoms with Gasteiger partial charge < -0.3 is 4.57 Å². The van der Waals surface area contributed by atoms with E-state index in [1.54, 1.807) is 19.3 Å². The van der Waals surface area contributed by atoms with Gasteiger partial charge in [-0.25, -0.2) is 0 Å². The van der Waals surface area contributed by atoms with Gasteiger partial charge in [0.05, 0.1) is 10.2 Å². The van der Waals surface area contributed by atoms with Crippen molar-refractivity contribution in [3.8, 4) is 0 Å². The van der Waals surface area contributed by atoms with Gasteiger partial charge in [0.25, 0.3) is 5.91 Å². The quantitative estimate of drug-likeness (QED) is 0.729. The van der Waals surface area contributed by atoms with Crippen molar-refractivity contribution in [1.82, 2.24) is 14.3 Å². The van der Waals surface area contributed by atoms with Crippen LogP contribution in [-0.2, 0) is 13.6 Å². The molecule has 3 aromatic rings. The smallest absolute Gasteiger partial charge is 0.297 e. The normalized spacial score (nSPS) is 12.2. The number of benzene rings is 1. The summed E-state index contributed by atoms with van der Waals surface area (Å²) >= 11 is 7.47. The van der Waals surface area contributed by atoms with Gasteiger partial charge in [-0.1, -0.05) is 22.9 Å². The van der Waals surface area contributed by atoms with Crippen LogP contribution in [0.3, 0.4) is 0 Å². The molecule has 0 aliphatic rings. The second-order valence-electron chi connectivity index (χ2n) is 4.50. The number of nitrogens with zero attached hydrogens (tertiary/aromatic N) is 4. The topological polar surface area (TPSA) is 52.2 Å². The van der Waals surface area contributed by atoms with Crippen LogP contribution in [0, 0.1) is 0 Å². The van der Waals surface area contributed by atoms with Crippen molar-refractivity contribution >= 4 is 39.1 Å². The van der Waals surface area contributed by atoms with Crippen LogP contribution in [0.15, 0.2) is 35.5 Å². The first kappa shape index (κ1) is 14.0. The molecule has 0 saturated carbocycles. The molecule has 5 nitrogen and oxygen atoms in total. The first-order chi connectivity index (χ1) is 10.1. The number of hydrogen-bond donors (Lipinski definition) is 0. The molecule has 0 N–H and O–H groups in total. The minimum Gasteiger partial charge on any atom is -0.317 e. The number of aryl methyl sites for hydroxylation is 2. The number of hydrogen-bond acceptors (Lipinski definition) is 3. The summed E-state index contributed by atoms with van der Waals surface area (Å²) in [6.07, 6.45) is 1.58.